The van der Waals surface area contributed by atoms with Gasteiger partial charge in [0.25, 0.3) is 0 Å². The standard InChI is InChI=1S/C13H14NO5.3C4H9.Sn/c1-9(16)19-11-5-3-10(4-6-11)7-12(14-8-15)13(17)18-2;3*1-3-4-2;/h3-5,8,12H,7H2,1-2H3,(H,14,15);3*1,3-4H2,2H3;/t12-;;;;/m0..../s1. The third-order valence-electron chi connectivity index (χ3n) is 6.09. The van der Waals surface area contributed by atoms with Crippen LogP contribution in [0.2, 0.25) is 13.3 Å². The summed E-state index contributed by atoms with van der Waals surface area (Å²) in [5, 5.41) is 2.57. The first-order valence-electron chi connectivity index (χ1n) is 12.0. The molecule has 0 aliphatic heterocycles. The van der Waals surface area contributed by atoms with E-state index >= 15 is 0 Å². The molecule has 0 bridgehead atoms. The Kier molecular flexibility index (Phi) is 13.6. The zero-order chi connectivity index (χ0) is 24.0. The van der Waals surface area contributed by atoms with Crippen molar-refractivity contribution in [1.82, 2.24) is 5.32 Å². The van der Waals surface area contributed by atoms with Gasteiger partial charge in [-0.15, -0.1) is 0 Å². The number of methoxy groups -OCH3 is 1. The first kappa shape index (κ1) is 28.5. The number of hydrogen-bond acceptors (Lipinski definition) is 5. The van der Waals surface area contributed by atoms with Crippen LogP contribution in [-0.4, -0.2) is 49.9 Å². The Morgan fingerprint density at radius 2 is 1.59 bits per heavy atom. The molecule has 180 valence electrons. The Hall–Kier alpha value is -1.57. The average Bonchev–Trinajstić information content (AvgIpc) is 2.78. The molecule has 0 spiro atoms. The van der Waals surface area contributed by atoms with E-state index in [1.807, 2.05) is 12.1 Å². The molecule has 0 fully saturated rings. The molecule has 0 aliphatic rings. The van der Waals surface area contributed by atoms with Gasteiger partial charge in [0.2, 0.25) is 0 Å². The quantitative estimate of drug-likeness (QED) is 0.141. The van der Waals surface area contributed by atoms with Crippen molar-refractivity contribution in [3.8, 4) is 5.75 Å². The van der Waals surface area contributed by atoms with Crippen LogP contribution in [0.3, 0.4) is 0 Å². The van der Waals surface area contributed by atoms with Gasteiger partial charge in [0.05, 0.1) is 0 Å². The SMILES string of the molecule is CCC[CH2][Sn]([CH2]CCC)([CH2]CCC)[c]1cc(C[C@H](NC=O)C(=O)OC)ccc1OC(C)=O. The van der Waals surface area contributed by atoms with Crippen molar-refractivity contribution in [3.63, 3.8) is 0 Å². The van der Waals surface area contributed by atoms with Gasteiger partial charge in [-0.25, -0.2) is 0 Å². The predicted octanol–water partition coefficient (Wildman–Crippen LogP) is 4.50. The summed E-state index contributed by atoms with van der Waals surface area (Å²) in [6.45, 7) is 8.13. The van der Waals surface area contributed by atoms with Crippen LogP contribution in [0.15, 0.2) is 18.2 Å². The average molecular weight is 554 g/mol. The molecule has 1 amide bonds. The molecular weight excluding hydrogens is 513 g/mol. The number of amides is 1. The number of benzene rings is 1. The summed E-state index contributed by atoms with van der Waals surface area (Å²) in [5.74, 6) is -0.0884. The maximum absolute atomic E-state index is 12.1. The van der Waals surface area contributed by atoms with Crippen molar-refractivity contribution < 1.29 is 23.9 Å². The molecule has 6 nitrogen and oxygen atoms in total. The number of hydrogen-bond donors (Lipinski definition) is 1. The molecule has 0 aromatic heterocycles. The zero-order valence-corrected chi connectivity index (χ0v) is 23.4. The molecule has 0 heterocycles. The van der Waals surface area contributed by atoms with E-state index in [-0.39, 0.29) is 5.97 Å². The zero-order valence-electron chi connectivity index (χ0n) is 20.5. The molecule has 0 saturated heterocycles. The number of esters is 2. The molecule has 1 aromatic carbocycles. The second-order valence-corrected chi connectivity index (χ2v) is 21.7. The van der Waals surface area contributed by atoms with E-state index in [1.165, 1.54) is 50.2 Å². The van der Waals surface area contributed by atoms with Gasteiger partial charge in [-0.05, 0) is 0 Å². The van der Waals surface area contributed by atoms with E-state index < -0.39 is 30.4 Å². The fraction of sp³-hybridized carbons (Fsp3) is 0.640. The number of nitrogens with one attached hydrogen (secondary N) is 1. The monoisotopic (exact) mass is 555 g/mol. The van der Waals surface area contributed by atoms with E-state index in [1.54, 1.807) is 0 Å². The van der Waals surface area contributed by atoms with Gasteiger partial charge < -0.3 is 0 Å². The molecule has 0 saturated carbocycles. The Labute approximate surface area is 197 Å². The van der Waals surface area contributed by atoms with Crippen LogP contribution in [-0.2, 0) is 25.5 Å². The van der Waals surface area contributed by atoms with E-state index in [0.29, 0.717) is 18.6 Å². The normalized spacial score (nSPS) is 12.2. The third kappa shape index (κ3) is 8.75. The maximum atomic E-state index is 12.1. The topological polar surface area (TPSA) is 81.7 Å². The summed E-state index contributed by atoms with van der Waals surface area (Å²) in [6, 6.07) is 5.20. The van der Waals surface area contributed by atoms with E-state index in [2.05, 4.69) is 32.2 Å². The summed E-state index contributed by atoms with van der Waals surface area (Å²) in [5.41, 5.74) is 0.950. The van der Waals surface area contributed by atoms with Gasteiger partial charge in [0, 0.05) is 0 Å². The molecule has 32 heavy (non-hydrogen) atoms. The van der Waals surface area contributed by atoms with Gasteiger partial charge in [-0.2, -0.15) is 0 Å². The molecular formula is C25H41NO5Sn. The van der Waals surface area contributed by atoms with Crippen LogP contribution in [0.25, 0.3) is 0 Å². The Balaban J connectivity index is 3.55. The second-order valence-electron chi connectivity index (χ2n) is 8.58. The van der Waals surface area contributed by atoms with Crippen LogP contribution in [0.1, 0.15) is 71.8 Å². The van der Waals surface area contributed by atoms with Crippen molar-refractivity contribution in [2.45, 2.75) is 92.0 Å². The number of unbranched alkanes of at least 4 members (excludes halogenated alkanes) is 3. The van der Waals surface area contributed by atoms with Crippen molar-refractivity contribution in [2.75, 3.05) is 7.11 Å². The number of carbonyl (C=O) groups excluding carboxylic acids is 3. The Morgan fingerprint density at radius 1 is 1.03 bits per heavy atom. The summed E-state index contributed by atoms with van der Waals surface area (Å²) in [6.07, 6.45) is 7.87. The molecule has 0 aliphatic carbocycles. The van der Waals surface area contributed by atoms with Crippen LogP contribution < -0.4 is 13.6 Å². The summed E-state index contributed by atoms with van der Waals surface area (Å²) in [4.78, 5) is 35.0. The minimum absolute atomic E-state index is 0.310. The summed E-state index contributed by atoms with van der Waals surface area (Å²) >= 11 is -2.92. The minimum atomic E-state index is -2.92. The molecule has 1 aromatic rings. The van der Waals surface area contributed by atoms with Crippen LogP contribution in [0, 0.1) is 0 Å². The Bertz CT molecular complexity index is 715. The third-order valence-corrected chi connectivity index (χ3v) is 21.7. The molecule has 1 atom stereocenters. The summed E-state index contributed by atoms with van der Waals surface area (Å²) in [7, 11) is 1.32. The molecule has 1 rings (SSSR count). The van der Waals surface area contributed by atoms with Crippen molar-refractivity contribution in [3.05, 3.63) is 23.8 Å². The van der Waals surface area contributed by atoms with Crippen molar-refractivity contribution >= 4 is 40.3 Å². The number of carbonyl (C=O) groups is 3. The molecule has 1 N–H and O–H groups in total. The van der Waals surface area contributed by atoms with Crippen LogP contribution in [0.5, 0.6) is 5.75 Å². The van der Waals surface area contributed by atoms with Crippen LogP contribution in [0.4, 0.5) is 0 Å². The second kappa shape index (κ2) is 15.3. The van der Waals surface area contributed by atoms with Crippen LogP contribution >= 0.6 is 0 Å². The first-order valence-corrected chi connectivity index (χ1v) is 19.4. The van der Waals surface area contributed by atoms with Gasteiger partial charge in [0.15, 0.2) is 0 Å². The fourth-order valence-corrected chi connectivity index (χ4v) is 20.9. The molecule has 0 unspecified atom stereocenters. The molecule has 7 heteroatoms. The van der Waals surface area contributed by atoms with Crippen molar-refractivity contribution in [1.29, 1.82) is 0 Å². The fourth-order valence-electron chi connectivity index (χ4n) is 4.36. The predicted molar refractivity (Wildman–Crippen MR) is 131 cm³/mol. The van der Waals surface area contributed by atoms with Gasteiger partial charge in [0.1, 0.15) is 0 Å². The Morgan fingerprint density at radius 3 is 2.03 bits per heavy atom. The van der Waals surface area contributed by atoms with Gasteiger partial charge in [-0.1, -0.05) is 0 Å². The summed E-state index contributed by atoms with van der Waals surface area (Å²) < 4.78 is 15.5. The van der Waals surface area contributed by atoms with Gasteiger partial charge >= 0.3 is 198 Å². The van der Waals surface area contributed by atoms with Gasteiger partial charge in [-0.3, -0.25) is 0 Å². The first-order chi connectivity index (χ1) is 15.4. The van der Waals surface area contributed by atoms with Crippen molar-refractivity contribution in [2.24, 2.45) is 0 Å². The number of rotatable bonds is 16. The van der Waals surface area contributed by atoms with E-state index in [9.17, 15) is 14.4 Å². The van der Waals surface area contributed by atoms with E-state index in [4.69, 9.17) is 9.47 Å². The van der Waals surface area contributed by atoms with E-state index in [0.717, 1.165) is 24.8 Å². The number of ether oxygens (including phenoxy) is 2. The molecule has 0 radical (unpaired) electrons.